The molecule has 2 aromatic rings. The zero-order chi connectivity index (χ0) is 11.5. The topological polar surface area (TPSA) is 80.9 Å². The Balaban J connectivity index is 2.26. The lowest BCUT2D eigenvalue weighted by atomic mass is 10.3. The van der Waals surface area contributed by atoms with Crippen molar-refractivity contribution in [2.75, 3.05) is 0 Å². The highest BCUT2D eigenvalue weighted by Crippen LogP contribution is 2.11. The highest BCUT2D eigenvalue weighted by molar-refractivity contribution is 5.69. The van der Waals surface area contributed by atoms with E-state index in [-0.39, 0.29) is 6.42 Å². The number of nitrogens with zero attached hydrogens (tertiary/aromatic N) is 4. The van der Waals surface area contributed by atoms with Gasteiger partial charge in [-0.1, -0.05) is 0 Å². The van der Waals surface area contributed by atoms with Gasteiger partial charge in [-0.25, -0.2) is 9.97 Å². The largest absolute Gasteiger partial charge is 0.481 e. The van der Waals surface area contributed by atoms with Gasteiger partial charge in [0.25, 0.3) is 0 Å². The van der Waals surface area contributed by atoms with E-state index in [1.807, 2.05) is 17.8 Å². The minimum Gasteiger partial charge on any atom is -0.481 e. The van der Waals surface area contributed by atoms with E-state index in [0.717, 1.165) is 0 Å². The van der Waals surface area contributed by atoms with Crippen molar-refractivity contribution < 1.29 is 9.90 Å². The van der Waals surface area contributed by atoms with E-state index < -0.39 is 5.97 Å². The number of aliphatic carboxylic acids is 1. The van der Waals surface area contributed by atoms with E-state index in [4.69, 9.17) is 5.11 Å². The van der Waals surface area contributed by atoms with Crippen LogP contribution in [0.15, 0.2) is 24.8 Å². The van der Waals surface area contributed by atoms with Crippen molar-refractivity contribution >= 4 is 5.97 Å². The van der Waals surface area contributed by atoms with Crippen LogP contribution in [0.1, 0.15) is 5.69 Å². The molecule has 0 saturated heterocycles. The van der Waals surface area contributed by atoms with Crippen molar-refractivity contribution in [1.29, 1.82) is 0 Å². The zero-order valence-electron chi connectivity index (χ0n) is 8.66. The summed E-state index contributed by atoms with van der Waals surface area (Å²) in [5.41, 5.74) is 1.06. The zero-order valence-corrected chi connectivity index (χ0v) is 8.66. The number of hydrogen-bond donors (Lipinski definition) is 1. The summed E-state index contributed by atoms with van der Waals surface area (Å²) in [6.45, 7) is 0. The lowest BCUT2D eigenvalue weighted by molar-refractivity contribution is -0.136. The molecule has 0 aliphatic carbocycles. The molecule has 0 bridgehead atoms. The van der Waals surface area contributed by atoms with Crippen LogP contribution in [0.5, 0.6) is 0 Å². The molecule has 2 aromatic heterocycles. The number of carbonyl (C=O) groups is 1. The fraction of sp³-hybridized carbons (Fsp3) is 0.200. The molecular formula is C10H10N4O2. The first kappa shape index (κ1) is 10.3. The van der Waals surface area contributed by atoms with Gasteiger partial charge in [0.2, 0.25) is 0 Å². The second-order valence-electron chi connectivity index (χ2n) is 3.33. The Bertz CT molecular complexity index is 504. The van der Waals surface area contributed by atoms with Gasteiger partial charge in [-0.2, -0.15) is 0 Å². The van der Waals surface area contributed by atoms with Gasteiger partial charge in [-0.3, -0.25) is 9.78 Å². The summed E-state index contributed by atoms with van der Waals surface area (Å²) in [6.07, 6.45) is 6.34. The molecule has 6 heteroatoms. The first-order valence-corrected chi connectivity index (χ1v) is 4.67. The maximum Gasteiger partial charge on any atom is 0.309 e. The monoisotopic (exact) mass is 218 g/mol. The van der Waals surface area contributed by atoms with Crippen molar-refractivity contribution in [1.82, 2.24) is 19.5 Å². The summed E-state index contributed by atoms with van der Waals surface area (Å²) in [5, 5.41) is 8.58. The normalized spacial score (nSPS) is 10.3. The molecule has 0 aliphatic rings. The Morgan fingerprint density at radius 3 is 2.69 bits per heavy atom. The third-order valence-electron chi connectivity index (χ3n) is 2.09. The van der Waals surface area contributed by atoms with Crippen LogP contribution in [0.2, 0.25) is 0 Å². The van der Waals surface area contributed by atoms with Crippen LogP contribution in [0, 0.1) is 0 Å². The van der Waals surface area contributed by atoms with Crippen molar-refractivity contribution in [2.45, 2.75) is 6.42 Å². The summed E-state index contributed by atoms with van der Waals surface area (Å²) in [5.74, 6) is -0.214. The smallest absolute Gasteiger partial charge is 0.309 e. The Kier molecular flexibility index (Phi) is 2.63. The van der Waals surface area contributed by atoms with Crippen molar-refractivity contribution in [3.63, 3.8) is 0 Å². The molecule has 0 atom stereocenters. The Morgan fingerprint density at radius 2 is 2.19 bits per heavy atom. The molecule has 0 saturated carbocycles. The van der Waals surface area contributed by atoms with E-state index in [9.17, 15) is 4.79 Å². The quantitative estimate of drug-likeness (QED) is 0.811. The third-order valence-corrected chi connectivity index (χ3v) is 2.09. The van der Waals surface area contributed by atoms with E-state index in [1.54, 1.807) is 6.20 Å². The van der Waals surface area contributed by atoms with E-state index in [2.05, 4.69) is 15.0 Å². The molecule has 0 aliphatic heterocycles. The SMILES string of the molecule is Cn1ccnc1-c1cnc(CC(=O)O)cn1. The number of aryl methyl sites for hydroxylation is 1. The van der Waals surface area contributed by atoms with Gasteiger partial charge >= 0.3 is 5.97 Å². The average Bonchev–Trinajstić information content (AvgIpc) is 2.65. The van der Waals surface area contributed by atoms with Crippen molar-refractivity contribution in [3.8, 4) is 11.5 Å². The summed E-state index contributed by atoms with van der Waals surface area (Å²) in [6, 6.07) is 0. The molecule has 6 nitrogen and oxygen atoms in total. The first-order chi connectivity index (χ1) is 7.66. The van der Waals surface area contributed by atoms with Crippen LogP contribution < -0.4 is 0 Å². The van der Waals surface area contributed by atoms with Gasteiger partial charge < -0.3 is 9.67 Å². The Morgan fingerprint density at radius 1 is 1.38 bits per heavy atom. The van der Waals surface area contributed by atoms with E-state index in [0.29, 0.717) is 17.2 Å². The molecule has 0 fully saturated rings. The molecule has 0 unspecified atom stereocenters. The summed E-state index contributed by atoms with van der Waals surface area (Å²) >= 11 is 0. The molecular weight excluding hydrogens is 208 g/mol. The molecule has 1 N–H and O–H groups in total. The number of carboxylic acids is 1. The van der Waals surface area contributed by atoms with Gasteiger partial charge in [0, 0.05) is 25.6 Å². The molecule has 16 heavy (non-hydrogen) atoms. The van der Waals surface area contributed by atoms with E-state index in [1.165, 1.54) is 12.4 Å². The average molecular weight is 218 g/mol. The summed E-state index contributed by atoms with van der Waals surface area (Å²) < 4.78 is 1.82. The maximum atomic E-state index is 10.5. The Hall–Kier alpha value is -2.24. The number of carboxylic acid groups (broad SMARTS) is 1. The van der Waals surface area contributed by atoms with Gasteiger partial charge in [-0.05, 0) is 0 Å². The second kappa shape index (κ2) is 4.09. The third kappa shape index (κ3) is 2.05. The van der Waals surface area contributed by atoms with Crippen LogP contribution in [-0.2, 0) is 18.3 Å². The minimum absolute atomic E-state index is 0.117. The molecule has 0 radical (unpaired) electrons. The molecule has 0 spiro atoms. The summed E-state index contributed by atoms with van der Waals surface area (Å²) in [4.78, 5) is 22.7. The first-order valence-electron chi connectivity index (χ1n) is 4.67. The van der Waals surface area contributed by atoms with Crippen LogP contribution in [0.3, 0.4) is 0 Å². The second-order valence-corrected chi connectivity index (χ2v) is 3.33. The number of hydrogen-bond acceptors (Lipinski definition) is 4. The molecule has 82 valence electrons. The van der Waals surface area contributed by atoms with Crippen LogP contribution in [0.25, 0.3) is 11.5 Å². The number of aromatic nitrogens is 4. The lowest BCUT2D eigenvalue weighted by Crippen LogP contribution is -2.03. The van der Waals surface area contributed by atoms with Gasteiger partial charge in [0.1, 0.15) is 5.69 Å². The van der Waals surface area contributed by atoms with Crippen LogP contribution in [0.4, 0.5) is 0 Å². The predicted octanol–water partition coefficient (Wildman–Crippen LogP) is 0.504. The van der Waals surface area contributed by atoms with Crippen molar-refractivity contribution in [2.24, 2.45) is 7.05 Å². The number of rotatable bonds is 3. The molecule has 0 amide bonds. The molecule has 2 heterocycles. The predicted molar refractivity (Wildman–Crippen MR) is 55.6 cm³/mol. The minimum atomic E-state index is -0.918. The van der Waals surface area contributed by atoms with E-state index >= 15 is 0 Å². The highest BCUT2D eigenvalue weighted by atomic mass is 16.4. The van der Waals surface area contributed by atoms with Gasteiger partial charge in [0.05, 0.1) is 18.3 Å². The van der Waals surface area contributed by atoms with Crippen molar-refractivity contribution in [3.05, 3.63) is 30.5 Å². The fourth-order valence-electron chi connectivity index (χ4n) is 1.33. The number of imidazole rings is 1. The lowest BCUT2D eigenvalue weighted by Gasteiger charge is -2.01. The van der Waals surface area contributed by atoms with Crippen LogP contribution >= 0.6 is 0 Å². The van der Waals surface area contributed by atoms with Gasteiger partial charge in [0.15, 0.2) is 5.82 Å². The summed E-state index contributed by atoms with van der Waals surface area (Å²) in [7, 11) is 1.86. The molecule has 0 aromatic carbocycles. The maximum absolute atomic E-state index is 10.5. The standard InChI is InChI=1S/C10H10N4O2/c1-14-3-2-11-10(14)8-6-12-7(5-13-8)4-9(15)16/h2-3,5-6H,4H2,1H3,(H,15,16). The van der Waals surface area contributed by atoms with Crippen LogP contribution in [-0.4, -0.2) is 30.6 Å². The van der Waals surface area contributed by atoms with Gasteiger partial charge in [-0.15, -0.1) is 0 Å². The Labute approximate surface area is 91.6 Å². The fourth-order valence-corrected chi connectivity index (χ4v) is 1.33. The molecule has 2 rings (SSSR count). The highest BCUT2D eigenvalue weighted by Gasteiger charge is 2.07.